The highest BCUT2D eigenvalue weighted by Gasteiger charge is 2.34. The van der Waals surface area contributed by atoms with Gasteiger partial charge in [0.2, 0.25) is 0 Å². The lowest BCUT2D eigenvalue weighted by molar-refractivity contribution is 0.0892. The lowest BCUT2D eigenvalue weighted by Crippen LogP contribution is -2.40. The number of rotatable bonds is 3. The van der Waals surface area contributed by atoms with E-state index in [1.807, 2.05) is 30.3 Å². The predicted octanol–water partition coefficient (Wildman–Crippen LogP) is 5.48. The fraction of sp³-hybridized carbons (Fsp3) is 0. The van der Waals surface area contributed by atoms with Gasteiger partial charge in [-0.05, 0) is 70.4 Å². The van der Waals surface area contributed by atoms with Crippen molar-refractivity contribution in [2.45, 2.75) is 0 Å². The van der Waals surface area contributed by atoms with E-state index in [0.717, 1.165) is 3.57 Å². The van der Waals surface area contributed by atoms with Gasteiger partial charge in [-0.25, -0.2) is 4.90 Å². The molecule has 0 saturated heterocycles. The quantitative estimate of drug-likeness (QED) is 0.212. The first-order valence-electron chi connectivity index (χ1n) is 9.36. The molecule has 0 N–H and O–H groups in total. The Morgan fingerprint density at radius 3 is 2.07 bits per heavy atom. The number of amides is 2. The van der Waals surface area contributed by atoms with Gasteiger partial charge in [0.15, 0.2) is 5.78 Å². The highest BCUT2D eigenvalue weighted by atomic mass is 127. The van der Waals surface area contributed by atoms with E-state index in [9.17, 15) is 14.4 Å². The van der Waals surface area contributed by atoms with E-state index >= 15 is 0 Å². The first-order valence-corrected chi connectivity index (χ1v) is 10.4. The van der Waals surface area contributed by atoms with Crippen molar-refractivity contribution in [3.05, 3.63) is 111 Å². The average molecular weight is 503 g/mol. The van der Waals surface area contributed by atoms with Crippen LogP contribution in [0.15, 0.2) is 84.9 Å². The minimum Gasteiger partial charge on any atom is -0.289 e. The molecule has 0 saturated carbocycles. The zero-order valence-electron chi connectivity index (χ0n) is 15.6. The highest BCUT2D eigenvalue weighted by molar-refractivity contribution is 14.1. The maximum absolute atomic E-state index is 13.3. The molecule has 0 aliphatic carbocycles. The van der Waals surface area contributed by atoms with Gasteiger partial charge in [0, 0.05) is 31.2 Å². The molecule has 0 unspecified atom stereocenters. The van der Waals surface area contributed by atoms with Crippen LogP contribution in [0.5, 0.6) is 0 Å². The summed E-state index contributed by atoms with van der Waals surface area (Å²) in [6, 6.07) is 24.8. The standard InChI is InChI=1S/C25H14INO3/c26-16-9-11-17(12-10-16)27-24(29)20-8-4-7-18-19(13-14-21(22(18)20)25(27)30)23(28)15-5-2-1-3-6-15/h1-14H. The first-order chi connectivity index (χ1) is 14.6. The monoisotopic (exact) mass is 503 g/mol. The van der Waals surface area contributed by atoms with Gasteiger partial charge in [-0.2, -0.15) is 0 Å². The Bertz CT molecular complexity index is 1320. The molecule has 4 aromatic carbocycles. The van der Waals surface area contributed by atoms with E-state index < -0.39 is 0 Å². The molecular weight excluding hydrogens is 489 g/mol. The second kappa shape index (κ2) is 7.18. The van der Waals surface area contributed by atoms with Crippen LogP contribution >= 0.6 is 22.6 Å². The van der Waals surface area contributed by atoms with Crippen LogP contribution in [0, 0.1) is 3.57 Å². The van der Waals surface area contributed by atoms with Gasteiger partial charge in [0.25, 0.3) is 11.8 Å². The van der Waals surface area contributed by atoms with Crippen LogP contribution in [0.1, 0.15) is 36.6 Å². The van der Waals surface area contributed by atoms with Gasteiger partial charge < -0.3 is 0 Å². The molecule has 0 radical (unpaired) electrons. The number of imide groups is 1. The van der Waals surface area contributed by atoms with Crippen LogP contribution in [0.2, 0.25) is 0 Å². The Hall–Kier alpha value is -3.32. The van der Waals surface area contributed by atoms with E-state index in [2.05, 4.69) is 22.6 Å². The van der Waals surface area contributed by atoms with Crippen LogP contribution < -0.4 is 4.90 Å². The maximum Gasteiger partial charge on any atom is 0.265 e. The van der Waals surface area contributed by atoms with Crippen molar-refractivity contribution >= 4 is 56.6 Å². The number of carbonyl (C=O) groups excluding carboxylic acids is 3. The van der Waals surface area contributed by atoms with Gasteiger partial charge in [0.1, 0.15) is 0 Å². The molecule has 5 rings (SSSR count). The van der Waals surface area contributed by atoms with Gasteiger partial charge in [0.05, 0.1) is 5.69 Å². The Kier molecular flexibility index (Phi) is 4.47. The molecule has 0 atom stereocenters. The summed E-state index contributed by atoms with van der Waals surface area (Å²) in [7, 11) is 0. The maximum atomic E-state index is 13.3. The molecule has 1 aliphatic heterocycles. The molecule has 0 bridgehead atoms. The van der Waals surface area contributed by atoms with Crippen LogP contribution in [0.25, 0.3) is 10.8 Å². The molecule has 0 spiro atoms. The predicted molar refractivity (Wildman–Crippen MR) is 124 cm³/mol. The number of anilines is 1. The van der Waals surface area contributed by atoms with Crippen molar-refractivity contribution in [3.63, 3.8) is 0 Å². The molecule has 4 nitrogen and oxygen atoms in total. The summed E-state index contributed by atoms with van der Waals surface area (Å²) in [5.74, 6) is -0.911. The van der Waals surface area contributed by atoms with E-state index in [1.165, 1.54) is 4.90 Å². The third-order valence-corrected chi connectivity index (χ3v) is 5.99. The lowest BCUT2D eigenvalue weighted by atomic mass is 9.88. The van der Waals surface area contributed by atoms with Crippen molar-refractivity contribution in [2.75, 3.05) is 4.90 Å². The highest BCUT2D eigenvalue weighted by Crippen LogP contribution is 2.35. The number of ketones is 1. The molecule has 0 aromatic heterocycles. The van der Waals surface area contributed by atoms with Crippen molar-refractivity contribution in [3.8, 4) is 0 Å². The number of benzene rings is 4. The topological polar surface area (TPSA) is 54.5 Å². The summed E-state index contributed by atoms with van der Waals surface area (Å²) in [5, 5.41) is 1.15. The number of hydrogen-bond acceptors (Lipinski definition) is 3. The van der Waals surface area contributed by atoms with Gasteiger partial charge in [-0.3, -0.25) is 14.4 Å². The summed E-state index contributed by atoms with van der Waals surface area (Å²) in [6.07, 6.45) is 0. The molecule has 30 heavy (non-hydrogen) atoms. The van der Waals surface area contributed by atoms with Crippen LogP contribution in [0.4, 0.5) is 5.69 Å². The largest absolute Gasteiger partial charge is 0.289 e. The normalized spacial score (nSPS) is 13.0. The molecule has 144 valence electrons. The van der Waals surface area contributed by atoms with Crippen LogP contribution in [0.3, 0.4) is 0 Å². The van der Waals surface area contributed by atoms with Gasteiger partial charge in [-0.15, -0.1) is 0 Å². The number of hydrogen-bond donors (Lipinski definition) is 0. The fourth-order valence-corrected chi connectivity index (χ4v) is 4.22. The van der Waals surface area contributed by atoms with Crippen LogP contribution in [-0.4, -0.2) is 17.6 Å². The fourth-order valence-electron chi connectivity index (χ4n) is 3.86. The van der Waals surface area contributed by atoms with E-state index in [0.29, 0.717) is 38.7 Å². The molecule has 0 fully saturated rings. The molecule has 2 amide bonds. The van der Waals surface area contributed by atoms with Gasteiger partial charge >= 0.3 is 0 Å². The Morgan fingerprint density at radius 2 is 1.37 bits per heavy atom. The third-order valence-electron chi connectivity index (χ3n) is 5.27. The Labute approximate surface area is 186 Å². The summed E-state index contributed by atoms with van der Waals surface area (Å²) >= 11 is 2.18. The van der Waals surface area contributed by atoms with E-state index in [4.69, 9.17) is 0 Å². The zero-order chi connectivity index (χ0) is 20.8. The SMILES string of the molecule is O=C(c1ccccc1)c1ccc2c3c(cccc13)C(=O)N(c1ccc(I)cc1)C2=O. The minimum atomic E-state index is -0.386. The average Bonchev–Trinajstić information content (AvgIpc) is 2.78. The zero-order valence-corrected chi connectivity index (χ0v) is 17.8. The van der Waals surface area contributed by atoms with E-state index in [-0.39, 0.29) is 17.6 Å². The second-order valence-electron chi connectivity index (χ2n) is 7.01. The van der Waals surface area contributed by atoms with Crippen LogP contribution in [-0.2, 0) is 0 Å². The van der Waals surface area contributed by atoms with Crippen molar-refractivity contribution < 1.29 is 14.4 Å². The number of nitrogens with zero attached hydrogens (tertiary/aromatic N) is 1. The van der Waals surface area contributed by atoms with Gasteiger partial charge in [-0.1, -0.05) is 42.5 Å². The number of carbonyl (C=O) groups is 3. The Morgan fingerprint density at radius 1 is 0.700 bits per heavy atom. The lowest BCUT2D eigenvalue weighted by Gasteiger charge is -2.27. The number of halogens is 1. The smallest absolute Gasteiger partial charge is 0.265 e. The summed E-state index contributed by atoms with van der Waals surface area (Å²) in [5.41, 5.74) is 2.40. The molecule has 1 heterocycles. The summed E-state index contributed by atoms with van der Waals surface area (Å²) < 4.78 is 1.01. The molecular formula is C25H14INO3. The van der Waals surface area contributed by atoms with E-state index in [1.54, 1.807) is 54.6 Å². The minimum absolute atomic E-state index is 0.140. The summed E-state index contributed by atoms with van der Waals surface area (Å²) in [6.45, 7) is 0. The summed E-state index contributed by atoms with van der Waals surface area (Å²) in [4.78, 5) is 40.8. The first kappa shape index (κ1) is 18.7. The second-order valence-corrected chi connectivity index (χ2v) is 8.25. The molecule has 4 aromatic rings. The third kappa shape index (κ3) is 2.85. The Balaban J connectivity index is 1.70. The molecule has 1 aliphatic rings. The van der Waals surface area contributed by atoms with Crippen molar-refractivity contribution in [2.24, 2.45) is 0 Å². The molecule has 5 heteroatoms. The van der Waals surface area contributed by atoms with Crippen molar-refractivity contribution in [1.82, 2.24) is 0 Å². The van der Waals surface area contributed by atoms with Crippen molar-refractivity contribution in [1.29, 1.82) is 0 Å².